The summed E-state index contributed by atoms with van der Waals surface area (Å²) in [4.78, 5) is 32.7. The van der Waals surface area contributed by atoms with Crippen LogP contribution in [0.25, 0.3) is 11.4 Å². The Labute approximate surface area is 174 Å². The summed E-state index contributed by atoms with van der Waals surface area (Å²) in [5.41, 5.74) is 0.802. The molecule has 0 aliphatic heterocycles. The highest BCUT2D eigenvalue weighted by Gasteiger charge is 2.23. The molecule has 0 bridgehead atoms. The summed E-state index contributed by atoms with van der Waals surface area (Å²) in [7, 11) is 1.57. The maximum absolute atomic E-state index is 12.3. The number of nitrogens with zero attached hydrogens (tertiary/aromatic N) is 2. The first kappa shape index (κ1) is 22.5. The molecule has 1 unspecified atom stereocenters. The number of aromatic nitrogens is 2. The number of hydrogen-bond acceptors (Lipinski definition) is 8. The van der Waals surface area contributed by atoms with Gasteiger partial charge in [0.2, 0.25) is 0 Å². The fraction of sp³-hybridized carbons (Fsp3) is 0.400. The average molecular weight is 420 g/mol. The lowest BCUT2D eigenvalue weighted by atomic mass is 10.2. The third kappa shape index (κ3) is 6.35. The number of rotatable bonds is 11. The smallest absolute Gasteiger partial charge is 0.343 e. The van der Waals surface area contributed by atoms with Crippen LogP contribution in [-0.4, -0.2) is 58.3 Å². The Morgan fingerprint density at radius 2 is 1.97 bits per heavy atom. The largest absolute Gasteiger partial charge is 0.497 e. The van der Waals surface area contributed by atoms with Gasteiger partial charge >= 0.3 is 11.9 Å². The molecule has 0 saturated carbocycles. The molecule has 2 N–H and O–H groups in total. The molecule has 0 radical (unpaired) electrons. The van der Waals surface area contributed by atoms with Crippen molar-refractivity contribution in [2.45, 2.75) is 26.3 Å². The molecule has 1 aromatic heterocycles. The van der Waals surface area contributed by atoms with Gasteiger partial charge in [-0.3, -0.25) is 0 Å². The molecule has 1 heterocycles. The predicted molar refractivity (Wildman–Crippen MR) is 113 cm³/mol. The minimum Gasteiger partial charge on any atom is -0.497 e. The number of esters is 1. The molecule has 9 heteroatoms. The molecule has 1 aromatic carbocycles. The van der Waals surface area contributed by atoms with E-state index >= 15 is 0 Å². The second-order valence-electron chi connectivity index (χ2n) is 5.93. The van der Waals surface area contributed by atoms with Crippen molar-refractivity contribution in [2.75, 3.05) is 30.5 Å². The van der Waals surface area contributed by atoms with Gasteiger partial charge in [0.1, 0.15) is 23.2 Å². The fourth-order valence-corrected chi connectivity index (χ4v) is 3.19. The van der Waals surface area contributed by atoms with Crippen molar-refractivity contribution in [1.29, 1.82) is 0 Å². The molecule has 0 fully saturated rings. The lowest BCUT2D eigenvalue weighted by molar-refractivity contribution is -0.137. The molecule has 0 aliphatic rings. The Kier molecular flexibility index (Phi) is 8.72. The normalized spacial score (nSPS) is 11.6. The summed E-state index contributed by atoms with van der Waals surface area (Å²) < 4.78 is 10.2. The highest BCUT2D eigenvalue weighted by Crippen LogP contribution is 2.23. The lowest BCUT2D eigenvalue weighted by Crippen LogP contribution is -2.31. The van der Waals surface area contributed by atoms with Gasteiger partial charge in [-0.2, -0.15) is 11.8 Å². The number of anilines is 1. The monoisotopic (exact) mass is 419 g/mol. The van der Waals surface area contributed by atoms with Crippen LogP contribution >= 0.6 is 11.8 Å². The minimum atomic E-state index is -1.01. The Morgan fingerprint density at radius 1 is 1.24 bits per heavy atom. The van der Waals surface area contributed by atoms with Crippen LogP contribution in [0.2, 0.25) is 0 Å². The van der Waals surface area contributed by atoms with Crippen LogP contribution in [0.3, 0.4) is 0 Å². The van der Waals surface area contributed by atoms with Crippen LogP contribution in [0.15, 0.2) is 30.5 Å². The van der Waals surface area contributed by atoms with Gasteiger partial charge in [0, 0.05) is 11.8 Å². The zero-order valence-corrected chi connectivity index (χ0v) is 17.5. The summed E-state index contributed by atoms with van der Waals surface area (Å²) >= 11 is 1.65. The first-order valence-electron chi connectivity index (χ1n) is 9.25. The van der Waals surface area contributed by atoms with Gasteiger partial charge in [0.15, 0.2) is 5.82 Å². The van der Waals surface area contributed by atoms with Gasteiger partial charge in [-0.25, -0.2) is 19.6 Å². The Hall–Kier alpha value is -2.81. The SMILES string of the molecule is CCOC(=O)c1cnc(-c2ccc(OC)cc2)nc1NC(CCSCC)C(=O)O. The van der Waals surface area contributed by atoms with E-state index in [4.69, 9.17) is 9.47 Å². The number of nitrogens with one attached hydrogen (secondary N) is 1. The third-order valence-electron chi connectivity index (χ3n) is 4.00. The number of aliphatic carboxylic acids is 1. The minimum absolute atomic E-state index is 0.0958. The number of carboxylic acids is 1. The maximum Gasteiger partial charge on any atom is 0.343 e. The summed E-state index contributed by atoms with van der Waals surface area (Å²) in [6, 6.07) is 6.23. The van der Waals surface area contributed by atoms with E-state index in [2.05, 4.69) is 15.3 Å². The molecule has 156 valence electrons. The molecule has 0 amide bonds. The first-order valence-corrected chi connectivity index (χ1v) is 10.4. The van der Waals surface area contributed by atoms with E-state index in [1.165, 1.54) is 6.20 Å². The second-order valence-corrected chi connectivity index (χ2v) is 7.32. The van der Waals surface area contributed by atoms with Gasteiger partial charge in [-0.05, 0) is 49.1 Å². The zero-order valence-electron chi connectivity index (χ0n) is 16.7. The van der Waals surface area contributed by atoms with Crippen molar-refractivity contribution in [2.24, 2.45) is 0 Å². The first-order chi connectivity index (χ1) is 14.0. The van der Waals surface area contributed by atoms with Crippen LogP contribution in [0.5, 0.6) is 5.75 Å². The molecule has 8 nitrogen and oxygen atoms in total. The summed E-state index contributed by atoms with van der Waals surface area (Å²) in [5, 5.41) is 12.5. The molecule has 2 aromatic rings. The topological polar surface area (TPSA) is 111 Å². The van der Waals surface area contributed by atoms with E-state index in [1.807, 2.05) is 6.92 Å². The van der Waals surface area contributed by atoms with Crippen LogP contribution in [0, 0.1) is 0 Å². The van der Waals surface area contributed by atoms with Gasteiger partial charge < -0.3 is 19.9 Å². The molecular weight excluding hydrogens is 394 g/mol. The van der Waals surface area contributed by atoms with E-state index < -0.39 is 18.0 Å². The molecule has 29 heavy (non-hydrogen) atoms. The van der Waals surface area contributed by atoms with Crippen molar-refractivity contribution in [3.05, 3.63) is 36.0 Å². The fourth-order valence-electron chi connectivity index (χ4n) is 2.50. The number of carbonyl (C=O) groups excluding carboxylic acids is 1. The average Bonchev–Trinajstić information content (AvgIpc) is 2.73. The highest BCUT2D eigenvalue weighted by atomic mass is 32.2. The van der Waals surface area contributed by atoms with E-state index in [-0.39, 0.29) is 18.0 Å². The van der Waals surface area contributed by atoms with Crippen LogP contribution in [0.4, 0.5) is 5.82 Å². The number of carboxylic acid groups (broad SMARTS) is 1. The molecule has 0 saturated heterocycles. The zero-order chi connectivity index (χ0) is 21.2. The third-order valence-corrected chi connectivity index (χ3v) is 4.93. The van der Waals surface area contributed by atoms with E-state index in [1.54, 1.807) is 50.1 Å². The maximum atomic E-state index is 12.3. The quantitative estimate of drug-likeness (QED) is 0.418. The Bertz CT molecular complexity index is 829. The summed E-state index contributed by atoms with van der Waals surface area (Å²) in [6.07, 6.45) is 1.74. The number of hydrogen-bond donors (Lipinski definition) is 2. The molecular formula is C20H25N3O5S. The van der Waals surface area contributed by atoms with Gasteiger partial charge in [-0.15, -0.1) is 0 Å². The van der Waals surface area contributed by atoms with Crippen molar-refractivity contribution in [1.82, 2.24) is 9.97 Å². The van der Waals surface area contributed by atoms with Crippen molar-refractivity contribution in [3.63, 3.8) is 0 Å². The van der Waals surface area contributed by atoms with Crippen LogP contribution in [-0.2, 0) is 9.53 Å². The van der Waals surface area contributed by atoms with Gasteiger partial charge in [0.25, 0.3) is 0 Å². The number of thioether (sulfide) groups is 1. The van der Waals surface area contributed by atoms with Crippen molar-refractivity contribution >= 4 is 29.5 Å². The standard InChI is InChI=1S/C20H25N3O5S/c1-4-28-20(26)15-12-21-17(13-6-8-14(27-3)9-7-13)23-18(15)22-16(19(24)25)10-11-29-5-2/h6-9,12,16H,4-5,10-11H2,1-3H3,(H,24,25)(H,21,22,23). The number of carbonyl (C=O) groups is 2. The number of benzene rings is 1. The molecule has 1 atom stereocenters. The van der Waals surface area contributed by atoms with Gasteiger partial charge in [-0.1, -0.05) is 6.92 Å². The van der Waals surface area contributed by atoms with E-state index in [0.717, 1.165) is 5.75 Å². The van der Waals surface area contributed by atoms with E-state index in [0.29, 0.717) is 29.3 Å². The van der Waals surface area contributed by atoms with Gasteiger partial charge in [0.05, 0.1) is 13.7 Å². The van der Waals surface area contributed by atoms with E-state index in [9.17, 15) is 14.7 Å². The van der Waals surface area contributed by atoms with Crippen LogP contribution < -0.4 is 10.1 Å². The highest BCUT2D eigenvalue weighted by molar-refractivity contribution is 7.99. The summed E-state index contributed by atoms with van der Waals surface area (Å²) in [5.74, 6) is 1.13. The second kappa shape index (κ2) is 11.3. The van der Waals surface area contributed by atoms with Crippen LogP contribution in [0.1, 0.15) is 30.6 Å². The van der Waals surface area contributed by atoms with Crippen molar-refractivity contribution < 1.29 is 24.2 Å². The molecule has 0 aliphatic carbocycles. The summed E-state index contributed by atoms with van der Waals surface area (Å²) in [6.45, 7) is 3.89. The Morgan fingerprint density at radius 3 is 2.55 bits per heavy atom. The molecule has 0 spiro atoms. The Balaban J connectivity index is 2.37. The predicted octanol–water partition coefficient (Wildman–Crippen LogP) is 3.34. The van der Waals surface area contributed by atoms with Crippen molar-refractivity contribution in [3.8, 4) is 17.1 Å². The number of ether oxygens (including phenoxy) is 2. The lowest BCUT2D eigenvalue weighted by Gasteiger charge is -2.17. The molecule has 2 rings (SSSR count). The number of methoxy groups -OCH3 is 1.